The number of hydrogen-bond acceptors (Lipinski definition) is 5. The van der Waals surface area contributed by atoms with Gasteiger partial charge in [0.25, 0.3) is 0 Å². The van der Waals surface area contributed by atoms with E-state index < -0.39 is 33.8 Å². The molecule has 0 saturated carbocycles. The third-order valence-electron chi connectivity index (χ3n) is 3.22. The van der Waals surface area contributed by atoms with Crippen LogP contribution in [0.15, 0.2) is 29.2 Å². The maximum Gasteiger partial charge on any atom is 0.302 e. The molecule has 6 heteroatoms. The molecule has 0 radical (unpaired) electrons. The second kappa shape index (κ2) is 7.74. The van der Waals surface area contributed by atoms with Crippen molar-refractivity contribution in [1.29, 1.82) is 0 Å². The van der Waals surface area contributed by atoms with Crippen LogP contribution in [0, 0.1) is 12.8 Å². The van der Waals surface area contributed by atoms with E-state index >= 15 is 0 Å². The first-order chi connectivity index (χ1) is 10.1. The van der Waals surface area contributed by atoms with Crippen LogP contribution in [-0.2, 0) is 19.4 Å². The minimum Gasteiger partial charge on any atom is -0.460 e. The summed E-state index contributed by atoms with van der Waals surface area (Å²) in [6.07, 6.45) is -1.67. The molecule has 5 nitrogen and oxygen atoms in total. The fourth-order valence-corrected chi connectivity index (χ4v) is 3.54. The Labute approximate surface area is 132 Å². The molecule has 0 aromatic heterocycles. The number of esters is 1. The summed E-state index contributed by atoms with van der Waals surface area (Å²) in [4.78, 5) is 11.3. The molecule has 124 valence electrons. The second-order valence-electron chi connectivity index (χ2n) is 5.94. The third-order valence-corrected chi connectivity index (χ3v) is 4.99. The number of carbonyl (C=O) groups is 1. The molecule has 0 amide bonds. The highest BCUT2D eigenvalue weighted by Crippen LogP contribution is 2.18. The van der Waals surface area contributed by atoms with E-state index in [-0.39, 0.29) is 10.8 Å². The quantitative estimate of drug-likeness (QED) is 0.775. The largest absolute Gasteiger partial charge is 0.460 e. The normalized spacial score (nSPS) is 14.6. The van der Waals surface area contributed by atoms with Crippen LogP contribution in [0.2, 0.25) is 0 Å². The van der Waals surface area contributed by atoms with Crippen molar-refractivity contribution in [2.24, 2.45) is 5.92 Å². The van der Waals surface area contributed by atoms with Gasteiger partial charge in [-0.05, 0) is 31.4 Å². The van der Waals surface area contributed by atoms with Crippen molar-refractivity contribution in [2.45, 2.75) is 51.2 Å². The number of aliphatic hydroxyl groups is 1. The maximum absolute atomic E-state index is 12.3. The SMILES string of the molecule is CC(=O)O[C@@H](CC(C)C)[C@H](O)CS(=O)(=O)c1ccc(C)cc1. The Hall–Kier alpha value is -1.40. The fraction of sp³-hybridized carbons (Fsp3) is 0.562. The smallest absolute Gasteiger partial charge is 0.302 e. The van der Waals surface area contributed by atoms with E-state index in [1.165, 1.54) is 19.1 Å². The van der Waals surface area contributed by atoms with Gasteiger partial charge in [-0.2, -0.15) is 0 Å². The lowest BCUT2D eigenvalue weighted by Gasteiger charge is -2.24. The molecule has 0 aliphatic carbocycles. The van der Waals surface area contributed by atoms with Crippen LogP contribution in [0.4, 0.5) is 0 Å². The summed E-state index contributed by atoms with van der Waals surface area (Å²) in [5.74, 6) is -0.834. The number of rotatable bonds is 7. The first-order valence-corrected chi connectivity index (χ1v) is 8.91. The van der Waals surface area contributed by atoms with Crippen molar-refractivity contribution in [1.82, 2.24) is 0 Å². The van der Waals surface area contributed by atoms with E-state index in [2.05, 4.69) is 0 Å². The van der Waals surface area contributed by atoms with Gasteiger partial charge in [-0.15, -0.1) is 0 Å². The molecule has 1 N–H and O–H groups in total. The standard InChI is InChI=1S/C16H24O5S/c1-11(2)9-16(21-13(4)17)15(18)10-22(19,20)14-7-5-12(3)6-8-14/h5-8,11,15-16,18H,9-10H2,1-4H3/t15-,16+/m1/s1. The number of hydrogen-bond donors (Lipinski definition) is 1. The van der Waals surface area contributed by atoms with Gasteiger partial charge in [0.1, 0.15) is 12.2 Å². The molecular formula is C16H24O5S. The summed E-state index contributed by atoms with van der Waals surface area (Å²) >= 11 is 0. The van der Waals surface area contributed by atoms with Gasteiger partial charge < -0.3 is 9.84 Å². The Morgan fingerprint density at radius 1 is 1.23 bits per heavy atom. The van der Waals surface area contributed by atoms with Crippen LogP contribution >= 0.6 is 0 Å². The van der Waals surface area contributed by atoms with Crippen molar-refractivity contribution in [3.8, 4) is 0 Å². The van der Waals surface area contributed by atoms with Crippen molar-refractivity contribution in [2.75, 3.05) is 5.75 Å². The number of ether oxygens (including phenoxy) is 1. The van der Waals surface area contributed by atoms with Gasteiger partial charge in [-0.3, -0.25) is 4.79 Å². The highest BCUT2D eigenvalue weighted by molar-refractivity contribution is 7.91. The summed E-state index contributed by atoms with van der Waals surface area (Å²) < 4.78 is 29.7. The molecule has 0 saturated heterocycles. The summed E-state index contributed by atoms with van der Waals surface area (Å²) in [7, 11) is -3.63. The minimum atomic E-state index is -3.63. The van der Waals surface area contributed by atoms with E-state index in [1.54, 1.807) is 12.1 Å². The molecule has 22 heavy (non-hydrogen) atoms. The minimum absolute atomic E-state index is 0.156. The van der Waals surface area contributed by atoms with Crippen LogP contribution in [0.25, 0.3) is 0 Å². The molecule has 0 fully saturated rings. The number of sulfone groups is 1. The number of aryl methyl sites for hydroxylation is 1. The third kappa shape index (κ3) is 5.77. The lowest BCUT2D eigenvalue weighted by Crippen LogP contribution is -2.37. The van der Waals surface area contributed by atoms with Crippen molar-refractivity contribution < 1.29 is 23.1 Å². The summed E-state index contributed by atoms with van der Waals surface area (Å²) in [5.41, 5.74) is 0.956. The number of benzene rings is 1. The van der Waals surface area contributed by atoms with Gasteiger partial charge in [0, 0.05) is 6.92 Å². The van der Waals surface area contributed by atoms with Gasteiger partial charge >= 0.3 is 5.97 Å². The van der Waals surface area contributed by atoms with Gasteiger partial charge in [-0.1, -0.05) is 31.5 Å². The van der Waals surface area contributed by atoms with Crippen molar-refractivity contribution >= 4 is 15.8 Å². The predicted molar refractivity (Wildman–Crippen MR) is 84.2 cm³/mol. The molecular weight excluding hydrogens is 304 g/mol. The molecule has 2 atom stereocenters. The maximum atomic E-state index is 12.3. The van der Waals surface area contributed by atoms with E-state index in [0.717, 1.165) is 5.56 Å². The van der Waals surface area contributed by atoms with Gasteiger partial charge in [0.15, 0.2) is 9.84 Å². The molecule has 0 aliphatic rings. The van der Waals surface area contributed by atoms with E-state index in [9.17, 15) is 18.3 Å². The number of carbonyl (C=O) groups excluding carboxylic acids is 1. The summed E-state index contributed by atoms with van der Waals surface area (Å²) in [6, 6.07) is 6.44. The van der Waals surface area contributed by atoms with E-state index in [0.29, 0.717) is 6.42 Å². The highest BCUT2D eigenvalue weighted by Gasteiger charge is 2.29. The zero-order valence-electron chi connectivity index (χ0n) is 13.4. The average molecular weight is 328 g/mol. The summed E-state index contributed by atoms with van der Waals surface area (Å²) in [5, 5.41) is 10.2. The molecule has 0 unspecified atom stereocenters. The first kappa shape index (κ1) is 18.6. The molecule has 1 aromatic rings. The van der Waals surface area contributed by atoms with Crippen LogP contribution in [-0.4, -0.2) is 37.5 Å². The Kier molecular flexibility index (Phi) is 6.56. The molecule has 0 bridgehead atoms. The second-order valence-corrected chi connectivity index (χ2v) is 7.97. The number of aliphatic hydroxyl groups excluding tert-OH is 1. The zero-order chi connectivity index (χ0) is 16.9. The van der Waals surface area contributed by atoms with Crippen LogP contribution in [0.1, 0.15) is 32.8 Å². The Morgan fingerprint density at radius 3 is 2.23 bits per heavy atom. The molecule has 0 spiro atoms. The Bertz CT molecular complexity index is 589. The van der Waals surface area contributed by atoms with Gasteiger partial charge in [0.05, 0.1) is 10.6 Å². The van der Waals surface area contributed by atoms with Gasteiger partial charge in [-0.25, -0.2) is 8.42 Å². The Balaban J connectivity index is 2.88. The highest BCUT2D eigenvalue weighted by atomic mass is 32.2. The molecule has 0 aliphatic heterocycles. The van der Waals surface area contributed by atoms with Crippen molar-refractivity contribution in [3.63, 3.8) is 0 Å². The van der Waals surface area contributed by atoms with Gasteiger partial charge in [0.2, 0.25) is 0 Å². The van der Waals surface area contributed by atoms with Crippen LogP contribution < -0.4 is 0 Å². The topological polar surface area (TPSA) is 80.7 Å². The van der Waals surface area contributed by atoms with E-state index in [1.807, 2.05) is 20.8 Å². The fourth-order valence-electron chi connectivity index (χ4n) is 2.14. The monoisotopic (exact) mass is 328 g/mol. The first-order valence-electron chi connectivity index (χ1n) is 7.26. The summed E-state index contributed by atoms with van der Waals surface area (Å²) in [6.45, 7) is 6.94. The molecule has 1 aromatic carbocycles. The lowest BCUT2D eigenvalue weighted by atomic mass is 10.0. The predicted octanol–water partition coefficient (Wildman–Crippen LogP) is 2.11. The lowest BCUT2D eigenvalue weighted by molar-refractivity contribution is -0.152. The van der Waals surface area contributed by atoms with E-state index in [4.69, 9.17) is 4.74 Å². The van der Waals surface area contributed by atoms with Crippen molar-refractivity contribution in [3.05, 3.63) is 29.8 Å². The Morgan fingerprint density at radius 2 is 1.77 bits per heavy atom. The molecule has 0 heterocycles. The molecule has 1 rings (SSSR count). The average Bonchev–Trinajstić information content (AvgIpc) is 2.36. The van der Waals surface area contributed by atoms with Crippen LogP contribution in [0.5, 0.6) is 0 Å². The zero-order valence-corrected chi connectivity index (χ0v) is 14.3. The van der Waals surface area contributed by atoms with Crippen LogP contribution in [0.3, 0.4) is 0 Å².